The summed E-state index contributed by atoms with van der Waals surface area (Å²) in [4.78, 5) is 22.9. The highest BCUT2D eigenvalue weighted by Crippen LogP contribution is 2.38. The molecule has 1 aliphatic heterocycles. The molecule has 1 atom stereocenters. The monoisotopic (exact) mass is 402 g/mol. The molecule has 0 aliphatic carbocycles. The predicted octanol–water partition coefficient (Wildman–Crippen LogP) is 5.40. The van der Waals surface area contributed by atoms with E-state index in [1.807, 2.05) is 47.5 Å². The van der Waals surface area contributed by atoms with Gasteiger partial charge in [-0.1, -0.05) is 41.9 Å². The molecule has 0 unspecified atom stereocenters. The van der Waals surface area contributed by atoms with Gasteiger partial charge in [-0.3, -0.25) is 4.98 Å². The average Bonchev–Trinajstić information content (AvgIpc) is 3.12. The third-order valence-corrected chi connectivity index (χ3v) is 5.61. The van der Waals surface area contributed by atoms with Crippen LogP contribution < -0.4 is 5.32 Å². The topological polar surface area (TPSA) is 61.0 Å². The summed E-state index contributed by atoms with van der Waals surface area (Å²) in [5.74, 6) is 0. The van der Waals surface area contributed by atoms with Gasteiger partial charge >= 0.3 is 6.03 Å². The van der Waals surface area contributed by atoms with Crippen molar-refractivity contribution in [1.29, 1.82) is 0 Å². The fourth-order valence-electron chi connectivity index (χ4n) is 4.11. The molecule has 4 aromatic rings. The number of carbonyl (C=O) groups is 1. The molecule has 5 nitrogen and oxygen atoms in total. The first-order valence-corrected chi connectivity index (χ1v) is 9.91. The van der Waals surface area contributed by atoms with Gasteiger partial charge in [0.2, 0.25) is 0 Å². The molecule has 1 aliphatic rings. The van der Waals surface area contributed by atoms with Crippen molar-refractivity contribution in [3.8, 4) is 0 Å². The first-order chi connectivity index (χ1) is 14.2. The normalized spacial score (nSPS) is 15.9. The van der Waals surface area contributed by atoms with Crippen molar-refractivity contribution >= 4 is 34.2 Å². The number of hydrogen-bond donors (Lipinski definition) is 2. The maximum atomic E-state index is 13.2. The number of aromatic amines is 1. The van der Waals surface area contributed by atoms with E-state index in [1.165, 1.54) is 10.9 Å². The molecule has 5 rings (SSSR count). The number of rotatable bonds is 2. The third kappa shape index (κ3) is 3.23. The van der Waals surface area contributed by atoms with Gasteiger partial charge in [-0.15, -0.1) is 0 Å². The Kier molecular flexibility index (Phi) is 4.45. The van der Waals surface area contributed by atoms with E-state index in [9.17, 15) is 4.79 Å². The first kappa shape index (κ1) is 17.8. The highest BCUT2D eigenvalue weighted by Gasteiger charge is 2.34. The fraction of sp³-hybridized carbons (Fsp3) is 0.130. The van der Waals surface area contributed by atoms with Crippen LogP contribution in [-0.2, 0) is 6.42 Å². The molecule has 0 bridgehead atoms. The van der Waals surface area contributed by atoms with Crippen LogP contribution in [0, 0.1) is 0 Å². The van der Waals surface area contributed by atoms with E-state index in [1.54, 1.807) is 18.3 Å². The second-order valence-corrected chi connectivity index (χ2v) is 7.57. The van der Waals surface area contributed by atoms with Crippen molar-refractivity contribution in [2.24, 2.45) is 0 Å². The fourth-order valence-corrected chi connectivity index (χ4v) is 4.30. The number of nitrogens with one attached hydrogen (secondary N) is 2. The molecule has 0 spiro atoms. The van der Waals surface area contributed by atoms with Gasteiger partial charge in [-0.25, -0.2) is 4.79 Å². The number of nitrogens with zero attached hydrogens (tertiary/aromatic N) is 2. The smallest absolute Gasteiger partial charge is 0.322 e. The van der Waals surface area contributed by atoms with Gasteiger partial charge in [0, 0.05) is 46.2 Å². The van der Waals surface area contributed by atoms with E-state index in [0.717, 1.165) is 23.2 Å². The minimum absolute atomic E-state index is 0.162. The zero-order valence-corrected chi connectivity index (χ0v) is 16.4. The number of carbonyl (C=O) groups excluding carboxylic acids is 1. The Bertz CT molecular complexity index is 1190. The van der Waals surface area contributed by atoms with Gasteiger partial charge in [0.05, 0.1) is 0 Å². The second-order valence-electron chi connectivity index (χ2n) is 7.14. The minimum atomic E-state index is -0.237. The molecule has 3 heterocycles. The van der Waals surface area contributed by atoms with Crippen LogP contribution in [0.25, 0.3) is 10.9 Å². The SMILES string of the molecule is O=C(Nc1cccc(Cl)c1)N1CCc2c([nH]c3ccccc23)[C@@H]1c1cccnc1. The lowest BCUT2D eigenvalue weighted by Gasteiger charge is -2.36. The maximum absolute atomic E-state index is 13.2. The molecule has 2 N–H and O–H groups in total. The minimum Gasteiger partial charge on any atom is -0.356 e. The van der Waals surface area contributed by atoms with Crippen LogP contribution in [0.2, 0.25) is 5.02 Å². The number of amides is 2. The van der Waals surface area contributed by atoms with Crippen LogP contribution in [0.4, 0.5) is 10.5 Å². The Morgan fingerprint density at radius 2 is 2.03 bits per heavy atom. The standard InChI is InChI=1S/C23H19ClN4O/c24-16-6-3-7-17(13-16)26-23(29)28-12-10-19-18-8-1-2-9-20(18)27-21(19)22(28)15-5-4-11-25-14-15/h1-9,11,13-14,22,27H,10,12H2,(H,26,29)/t22-/m0/s1. The second kappa shape index (κ2) is 7.26. The van der Waals surface area contributed by atoms with Gasteiger partial charge < -0.3 is 15.2 Å². The Hall–Kier alpha value is -3.31. The largest absolute Gasteiger partial charge is 0.356 e. The number of hydrogen-bond acceptors (Lipinski definition) is 2. The Morgan fingerprint density at radius 3 is 2.86 bits per heavy atom. The van der Waals surface area contributed by atoms with Gasteiger partial charge in [0.1, 0.15) is 6.04 Å². The summed E-state index contributed by atoms with van der Waals surface area (Å²) in [6.07, 6.45) is 4.36. The molecular weight excluding hydrogens is 384 g/mol. The van der Waals surface area contributed by atoms with E-state index in [2.05, 4.69) is 27.4 Å². The van der Waals surface area contributed by atoms with Crippen molar-refractivity contribution in [3.63, 3.8) is 0 Å². The number of aromatic nitrogens is 2. The summed E-state index contributed by atoms with van der Waals surface area (Å²) in [7, 11) is 0. The molecule has 2 amide bonds. The van der Waals surface area contributed by atoms with Crippen molar-refractivity contribution < 1.29 is 4.79 Å². The molecule has 0 radical (unpaired) electrons. The molecule has 0 saturated heterocycles. The van der Waals surface area contributed by atoms with Crippen LogP contribution in [0.1, 0.15) is 22.9 Å². The van der Waals surface area contributed by atoms with Gasteiger partial charge in [0.15, 0.2) is 0 Å². The lowest BCUT2D eigenvalue weighted by molar-refractivity contribution is 0.193. The predicted molar refractivity (Wildman–Crippen MR) is 115 cm³/mol. The quantitative estimate of drug-likeness (QED) is 0.471. The lowest BCUT2D eigenvalue weighted by atomic mass is 9.93. The Balaban J connectivity index is 1.57. The number of para-hydroxylation sites is 1. The molecular formula is C23H19ClN4O. The Labute approximate surface area is 173 Å². The van der Waals surface area contributed by atoms with Crippen molar-refractivity contribution in [2.75, 3.05) is 11.9 Å². The van der Waals surface area contributed by atoms with E-state index in [-0.39, 0.29) is 12.1 Å². The molecule has 29 heavy (non-hydrogen) atoms. The third-order valence-electron chi connectivity index (χ3n) is 5.37. The zero-order chi connectivity index (χ0) is 19.8. The van der Waals surface area contributed by atoms with E-state index >= 15 is 0 Å². The molecule has 6 heteroatoms. The average molecular weight is 403 g/mol. The van der Waals surface area contributed by atoms with Crippen LogP contribution >= 0.6 is 11.6 Å². The summed E-state index contributed by atoms with van der Waals surface area (Å²) >= 11 is 6.07. The van der Waals surface area contributed by atoms with Crippen LogP contribution in [0.5, 0.6) is 0 Å². The van der Waals surface area contributed by atoms with Crippen molar-refractivity contribution in [2.45, 2.75) is 12.5 Å². The number of halogens is 1. The van der Waals surface area contributed by atoms with E-state index in [4.69, 9.17) is 11.6 Å². The molecule has 2 aromatic carbocycles. The maximum Gasteiger partial charge on any atom is 0.322 e. The van der Waals surface area contributed by atoms with Gasteiger partial charge in [-0.05, 0) is 47.9 Å². The van der Waals surface area contributed by atoms with Crippen LogP contribution in [0.3, 0.4) is 0 Å². The summed E-state index contributed by atoms with van der Waals surface area (Å²) in [6.45, 7) is 0.612. The number of pyridine rings is 1. The van der Waals surface area contributed by atoms with Crippen molar-refractivity contribution in [1.82, 2.24) is 14.9 Å². The Morgan fingerprint density at radius 1 is 1.14 bits per heavy atom. The molecule has 0 saturated carbocycles. The van der Waals surface area contributed by atoms with Crippen LogP contribution in [0.15, 0.2) is 73.1 Å². The molecule has 2 aromatic heterocycles. The summed E-state index contributed by atoms with van der Waals surface area (Å²) < 4.78 is 0. The van der Waals surface area contributed by atoms with Crippen molar-refractivity contribution in [3.05, 3.63) is 94.9 Å². The highest BCUT2D eigenvalue weighted by atomic mass is 35.5. The number of H-pyrrole nitrogens is 1. The molecule has 144 valence electrons. The zero-order valence-electron chi connectivity index (χ0n) is 15.6. The highest BCUT2D eigenvalue weighted by molar-refractivity contribution is 6.30. The molecule has 0 fully saturated rings. The number of urea groups is 1. The first-order valence-electron chi connectivity index (χ1n) is 9.53. The van der Waals surface area contributed by atoms with E-state index < -0.39 is 0 Å². The summed E-state index contributed by atoms with van der Waals surface area (Å²) in [5, 5.41) is 4.79. The van der Waals surface area contributed by atoms with Gasteiger partial charge in [0.25, 0.3) is 0 Å². The number of anilines is 1. The number of benzene rings is 2. The summed E-state index contributed by atoms with van der Waals surface area (Å²) in [5.41, 5.74) is 5.05. The lowest BCUT2D eigenvalue weighted by Crippen LogP contribution is -2.43. The van der Waals surface area contributed by atoms with E-state index in [0.29, 0.717) is 17.3 Å². The van der Waals surface area contributed by atoms with Crippen LogP contribution in [-0.4, -0.2) is 27.4 Å². The van der Waals surface area contributed by atoms with Gasteiger partial charge in [-0.2, -0.15) is 0 Å². The summed E-state index contributed by atoms with van der Waals surface area (Å²) in [6, 6.07) is 19.0. The number of fused-ring (bicyclic) bond motifs is 3.